The number of hydrogen-bond donors (Lipinski definition) is 2. The van der Waals surface area contributed by atoms with Gasteiger partial charge in [0.1, 0.15) is 0 Å². The van der Waals surface area contributed by atoms with Crippen LogP contribution in [0.3, 0.4) is 0 Å². The van der Waals surface area contributed by atoms with Crippen LogP contribution in [-0.4, -0.2) is 22.2 Å². The maximum atomic E-state index is 10.2. The average Bonchev–Trinajstić information content (AvgIpc) is 1.81. The van der Waals surface area contributed by atoms with Gasteiger partial charge in [-0.2, -0.15) is 0 Å². The Kier molecular flexibility index (Phi) is 3.33. The number of aliphatic carboxylic acids is 2. The normalized spacial score (nSPS) is 10.8. The van der Waals surface area contributed by atoms with Crippen molar-refractivity contribution in [3.63, 3.8) is 0 Å². The van der Waals surface area contributed by atoms with E-state index in [4.69, 9.17) is 21.8 Å². The lowest BCUT2D eigenvalue weighted by molar-refractivity contribution is -0.134. The first-order valence-electron chi connectivity index (χ1n) is 2.48. The summed E-state index contributed by atoms with van der Waals surface area (Å²) in [4.78, 5) is 20.2. The third kappa shape index (κ3) is 3.42. The van der Waals surface area contributed by atoms with Gasteiger partial charge in [0.25, 0.3) is 0 Å². The molecule has 0 aromatic rings. The van der Waals surface area contributed by atoms with Crippen molar-refractivity contribution in [3.05, 3.63) is 23.3 Å². The summed E-state index contributed by atoms with van der Waals surface area (Å²) in [7, 11) is 0. The summed E-state index contributed by atoms with van der Waals surface area (Å²) >= 11 is 5.18. The molecule has 0 aliphatic heterocycles. The van der Waals surface area contributed by atoms with Gasteiger partial charge in [0.15, 0.2) is 0 Å². The third-order valence-electron chi connectivity index (χ3n) is 0.790. The van der Waals surface area contributed by atoms with E-state index in [1.54, 1.807) is 0 Å². The molecule has 0 unspecified atom stereocenters. The molecule has 11 heavy (non-hydrogen) atoms. The van der Waals surface area contributed by atoms with Crippen LogP contribution < -0.4 is 0 Å². The maximum absolute atomic E-state index is 10.2. The first-order chi connectivity index (χ1) is 4.95. The van der Waals surface area contributed by atoms with Crippen molar-refractivity contribution in [1.82, 2.24) is 0 Å². The lowest BCUT2D eigenvalue weighted by atomic mass is 10.2. The van der Waals surface area contributed by atoms with E-state index in [0.717, 1.165) is 0 Å². The molecule has 0 amide bonds. The van der Waals surface area contributed by atoms with Crippen molar-refractivity contribution < 1.29 is 19.8 Å². The monoisotopic (exact) mass is 176 g/mol. The van der Waals surface area contributed by atoms with E-state index in [9.17, 15) is 9.59 Å². The molecule has 0 bridgehead atoms. The van der Waals surface area contributed by atoms with Gasteiger partial charge in [-0.3, -0.25) is 0 Å². The number of rotatable bonds is 3. The van der Waals surface area contributed by atoms with Crippen molar-refractivity contribution in [1.29, 1.82) is 0 Å². The zero-order chi connectivity index (χ0) is 9.02. The molecule has 60 valence electrons. The Morgan fingerprint density at radius 2 is 1.82 bits per heavy atom. The quantitative estimate of drug-likeness (QED) is 0.494. The third-order valence-corrected chi connectivity index (χ3v) is 0.994. The number of carboxylic acid groups (broad SMARTS) is 2. The molecule has 0 aromatic heterocycles. The van der Waals surface area contributed by atoms with Crippen molar-refractivity contribution in [2.75, 3.05) is 0 Å². The van der Waals surface area contributed by atoms with Crippen molar-refractivity contribution in [3.8, 4) is 0 Å². The van der Waals surface area contributed by atoms with Gasteiger partial charge in [-0.25, -0.2) is 9.59 Å². The Balaban J connectivity index is 4.75. The summed E-state index contributed by atoms with van der Waals surface area (Å²) in [5.74, 6) is -2.78. The highest BCUT2D eigenvalue weighted by Crippen LogP contribution is 2.11. The Bertz CT molecular complexity index is 225. The lowest BCUT2D eigenvalue weighted by Gasteiger charge is -1.94. The number of halogens is 1. The zero-order valence-corrected chi connectivity index (χ0v) is 6.13. The molecule has 0 fully saturated rings. The Labute approximate surface area is 67.4 Å². The van der Waals surface area contributed by atoms with Crippen LogP contribution in [0.25, 0.3) is 0 Å². The van der Waals surface area contributed by atoms with E-state index in [-0.39, 0.29) is 5.03 Å². The van der Waals surface area contributed by atoms with Crippen LogP contribution in [0.1, 0.15) is 0 Å². The lowest BCUT2D eigenvalue weighted by Crippen LogP contribution is -2.03. The highest BCUT2D eigenvalue weighted by atomic mass is 35.5. The number of hydrogen-bond acceptors (Lipinski definition) is 2. The summed E-state index contributed by atoms with van der Waals surface area (Å²) < 4.78 is 0. The SMILES string of the molecule is C=C(Cl)/C(=C\C(=O)O)C(=O)O. The molecule has 0 rings (SSSR count). The fourth-order valence-corrected chi connectivity index (χ4v) is 0.515. The highest BCUT2D eigenvalue weighted by Gasteiger charge is 2.10. The molecule has 0 atom stereocenters. The smallest absolute Gasteiger partial charge is 0.337 e. The van der Waals surface area contributed by atoms with E-state index in [1.807, 2.05) is 0 Å². The standard InChI is InChI=1S/C6H5ClO4/c1-3(7)4(6(10)11)2-5(8)9/h2H,1H2,(H,8,9)(H,10,11)/b4-2+. The molecule has 0 saturated carbocycles. The van der Waals surface area contributed by atoms with Crippen molar-refractivity contribution >= 4 is 23.5 Å². The van der Waals surface area contributed by atoms with Gasteiger partial charge in [0, 0.05) is 11.1 Å². The van der Waals surface area contributed by atoms with Gasteiger partial charge in [-0.05, 0) is 0 Å². The fourth-order valence-electron chi connectivity index (χ4n) is 0.380. The minimum Gasteiger partial charge on any atom is -0.478 e. The molecule has 2 N–H and O–H groups in total. The highest BCUT2D eigenvalue weighted by molar-refractivity contribution is 6.34. The van der Waals surface area contributed by atoms with Crippen LogP contribution >= 0.6 is 11.6 Å². The predicted octanol–water partition coefficient (Wildman–Crippen LogP) is 0.835. The Hall–Kier alpha value is -1.29. The summed E-state index contributed by atoms with van der Waals surface area (Å²) in [5, 5.41) is 16.2. The van der Waals surface area contributed by atoms with E-state index in [2.05, 4.69) is 6.58 Å². The average molecular weight is 177 g/mol. The van der Waals surface area contributed by atoms with Crippen LogP contribution in [0, 0.1) is 0 Å². The summed E-state index contributed by atoms with van der Waals surface area (Å²) in [6.45, 7) is 3.08. The van der Waals surface area contributed by atoms with E-state index < -0.39 is 17.5 Å². The molecule has 0 aliphatic carbocycles. The molecule has 4 nitrogen and oxygen atoms in total. The van der Waals surface area contributed by atoms with Crippen molar-refractivity contribution in [2.24, 2.45) is 0 Å². The molecule has 0 aromatic carbocycles. The first-order valence-corrected chi connectivity index (χ1v) is 2.85. The molecular formula is C6H5ClO4. The van der Waals surface area contributed by atoms with E-state index in [0.29, 0.717) is 6.08 Å². The molecule has 0 heterocycles. The van der Waals surface area contributed by atoms with E-state index >= 15 is 0 Å². The minimum atomic E-state index is -1.41. The first kappa shape index (κ1) is 9.71. The molecule has 0 spiro atoms. The van der Waals surface area contributed by atoms with Crippen LogP contribution in [0.4, 0.5) is 0 Å². The topological polar surface area (TPSA) is 74.6 Å². The summed E-state index contributed by atoms with van der Waals surface area (Å²) in [5.41, 5.74) is -0.515. The van der Waals surface area contributed by atoms with Gasteiger partial charge in [0.05, 0.1) is 5.57 Å². The van der Waals surface area contributed by atoms with E-state index in [1.165, 1.54) is 0 Å². The van der Waals surface area contributed by atoms with Gasteiger partial charge < -0.3 is 10.2 Å². The number of carbonyl (C=O) groups is 2. The maximum Gasteiger partial charge on any atom is 0.337 e. The molecule has 5 heteroatoms. The second kappa shape index (κ2) is 3.78. The molecular weight excluding hydrogens is 172 g/mol. The van der Waals surface area contributed by atoms with Crippen LogP contribution in [0.15, 0.2) is 23.3 Å². The van der Waals surface area contributed by atoms with Gasteiger partial charge in [-0.15, -0.1) is 0 Å². The van der Waals surface area contributed by atoms with Crippen LogP contribution in [-0.2, 0) is 9.59 Å². The molecule has 0 aliphatic rings. The van der Waals surface area contributed by atoms with Crippen molar-refractivity contribution in [2.45, 2.75) is 0 Å². The van der Waals surface area contributed by atoms with Crippen LogP contribution in [0.2, 0.25) is 0 Å². The fraction of sp³-hybridized carbons (Fsp3) is 0. The van der Waals surface area contributed by atoms with Gasteiger partial charge in [-0.1, -0.05) is 18.2 Å². The van der Waals surface area contributed by atoms with Crippen LogP contribution in [0.5, 0.6) is 0 Å². The number of carboxylic acids is 2. The van der Waals surface area contributed by atoms with Gasteiger partial charge in [0.2, 0.25) is 0 Å². The largest absolute Gasteiger partial charge is 0.478 e. The molecule has 0 radical (unpaired) electrons. The minimum absolute atomic E-state index is 0.306. The zero-order valence-electron chi connectivity index (χ0n) is 5.37. The summed E-state index contributed by atoms with van der Waals surface area (Å²) in [6.07, 6.45) is 0.484. The Morgan fingerprint density at radius 1 is 1.36 bits per heavy atom. The predicted molar refractivity (Wildman–Crippen MR) is 38.3 cm³/mol. The second-order valence-electron chi connectivity index (χ2n) is 1.61. The molecule has 0 saturated heterocycles. The Morgan fingerprint density at radius 3 is 1.91 bits per heavy atom. The van der Waals surface area contributed by atoms with Gasteiger partial charge >= 0.3 is 11.9 Å². The summed E-state index contributed by atoms with van der Waals surface area (Å²) in [6, 6.07) is 0. The second-order valence-corrected chi connectivity index (χ2v) is 2.06.